The number of thiazole rings is 1. The van der Waals surface area contributed by atoms with Gasteiger partial charge in [0.1, 0.15) is 10.3 Å². The van der Waals surface area contributed by atoms with E-state index in [9.17, 15) is 4.79 Å². The van der Waals surface area contributed by atoms with E-state index >= 15 is 0 Å². The summed E-state index contributed by atoms with van der Waals surface area (Å²) in [4.78, 5) is 32.7. The molecule has 0 saturated carbocycles. The zero-order chi connectivity index (χ0) is 22.6. The maximum atomic E-state index is 12.6. The molecule has 4 aromatic rings. The van der Waals surface area contributed by atoms with Crippen molar-refractivity contribution in [2.45, 2.75) is 46.2 Å². The first-order valence-electron chi connectivity index (χ1n) is 11.2. The summed E-state index contributed by atoms with van der Waals surface area (Å²) in [6.07, 6.45) is 2.91. The molecule has 4 aromatic heterocycles. The summed E-state index contributed by atoms with van der Waals surface area (Å²) in [7, 11) is 1.78. The molecule has 0 radical (unpaired) electrons. The van der Waals surface area contributed by atoms with Gasteiger partial charge in [0.2, 0.25) is 0 Å². The average Bonchev–Trinajstić information content (AvgIpc) is 3.36. The van der Waals surface area contributed by atoms with E-state index in [4.69, 9.17) is 9.97 Å². The van der Waals surface area contributed by atoms with Gasteiger partial charge in [-0.1, -0.05) is 18.3 Å². The van der Waals surface area contributed by atoms with Gasteiger partial charge in [0, 0.05) is 44.8 Å². The van der Waals surface area contributed by atoms with Crippen molar-refractivity contribution >= 4 is 33.0 Å². The lowest BCUT2D eigenvalue weighted by Gasteiger charge is -2.44. The second kappa shape index (κ2) is 7.97. The van der Waals surface area contributed by atoms with E-state index < -0.39 is 0 Å². The number of imidazole rings is 1. The number of aromatic nitrogens is 5. The first kappa shape index (κ1) is 21.1. The van der Waals surface area contributed by atoms with E-state index in [1.54, 1.807) is 29.1 Å². The normalized spacial score (nSPS) is 18.7. The van der Waals surface area contributed by atoms with Gasteiger partial charge in [0.15, 0.2) is 5.65 Å². The molecule has 0 aliphatic carbocycles. The maximum Gasteiger partial charge on any atom is 0.267 e. The Morgan fingerprint density at radius 2 is 2.00 bits per heavy atom. The van der Waals surface area contributed by atoms with Crippen LogP contribution in [0.5, 0.6) is 0 Å². The van der Waals surface area contributed by atoms with E-state index in [0.29, 0.717) is 6.04 Å². The molecule has 0 bridgehead atoms. The Hall–Kier alpha value is -2.78. The SMILES string of the molecule is CCC1CN(C(C)c2ccc3nc(C)sc3n2)CCN1c1cc(=O)n(C)n2cc(C)nc12. The van der Waals surface area contributed by atoms with Crippen molar-refractivity contribution in [3.05, 3.63) is 51.1 Å². The molecule has 5 heterocycles. The van der Waals surface area contributed by atoms with Crippen molar-refractivity contribution in [3.63, 3.8) is 0 Å². The summed E-state index contributed by atoms with van der Waals surface area (Å²) >= 11 is 1.65. The lowest BCUT2D eigenvalue weighted by molar-refractivity contribution is 0.166. The van der Waals surface area contributed by atoms with Crippen LogP contribution in [-0.4, -0.2) is 54.7 Å². The minimum atomic E-state index is -0.0205. The minimum Gasteiger partial charge on any atom is -0.363 e. The molecule has 1 fully saturated rings. The number of anilines is 1. The standard InChI is InChI=1S/C23H29N7OS/c1-6-17-13-28(15(3)18-7-8-19-23(26-18)32-16(4)25-19)9-10-29(17)20-11-21(31)27(5)30-12-14(2)24-22(20)30/h7-8,11-12,15,17H,6,9-10,13H2,1-5H3. The number of fused-ring (bicyclic) bond motifs is 2. The Kier molecular flexibility index (Phi) is 5.25. The predicted octanol–water partition coefficient (Wildman–Crippen LogP) is 3.32. The van der Waals surface area contributed by atoms with Crippen LogP contribution in [0.2, 0.25) is 0 Å². The predicted molar refractivity (Wildman–Crippen MR) is 129 cm³/mol. The molecule has 1 aliphatic rings. The highest BCUT2D eigenvalue weighted by molar-refractivity contribution is 7.18. The third-order valence-electron chi connectivity index (χ3n) is 6.59. The second-order valence-corrected chi connectivity index (χ2v) is 9.84. The minimum absolute atomic E-state index is 0.0205. The summed E-state index contributed by atoms with van der Waals surface area (Å²) < 4.78 is 3.48. The molecule has 0 amide bonds. The van der Waals surface area contributed by atoms with Crippen LogP contribution in [0.1, 0.15) is 42.7 Å². The number of pyridine rings is 1. The first-order chi connectivity index (χ1) is 15.4. The van der Waals surface area contributed by atoms with Gasteiger partial charge in [-0.15, -0.1) is 0 Å². The van der Waals surface area contributed by atoms with Crippen LogP contribution in [0.25, 0.3) is 16.0 Å². The number of rotatable bonds is 4. The molecule has 2 atom stereocenters. The number of aryl methyl sites for hydroxylation is 3. The van der Waals surface area contributed by atoms with Crippen LogP contribution in [0.3, 0.4) is 0 Å². The van der Waals surface area contributed by atoms with Crippen molar-refractivity contribution < 1.29 is 0 Å². The lowest BCUT2D eigenvalue weighted by Crippen LogP contribution is -2.54. The number of piperazine rings is 1. The van der Waals surface area contributed by atoms with Crippen molar-refractivity contribution in [1.29, 1.82) is 0 Å². The van der Waals surface area contributed by atoms with Gasteiger partial charge in [-0.25, -0.2) is 24.1 Å². The highest BCUT2D eigenvalue weighted by atomic mass is 32.1. The smallest absolute Gasteiger partial charge is 0.267 e. The molecule has 32 heavy (non-hydrogen) atoms. The topological polar surface area (TPSA) is 71.6 Å². The highest BCUT2D eigenvalue weighted by Gasteiger charge is 2.31. The Balaban J connectivity index is 1.43. The van der Waals surface area contributed by atoms with Crippen LogP contribution >= 0.6 is 11.3 Å². The molecule has 0 aromatic carbocycles. The fourth-order valence-electron chi connectivity index (χ4n) is 4.74. The molecular weight excluding hydrogens is 422 g/mol. The summed E-state index contributed by atoms with van der Waals surface area (Å²) in [5.41, 5.74) is 4.73. The van der Waals surface area contributed by atoms with Crippen LogP contribution in [0.4, 0.5) is 5.69 Å². The Bertz CT molecular complexity index is 1350. The highest BCUT2D eigenvalue weighted by Crippen LogP contribution is 2.30. The van der Waals surface area contributed by atoms with E-state index in [0.717, 1.165) is 64.1 Å². The summed E-state index contributed by atoms with van der Waals surface area (Å²) in [6, 6.07) is 6.45. The molecule has 2 unspecified atom stereocenters. The third kappa shape index (κ3) is 3.49. The molecule has 0 N–H and O–H groups in total. The van der Waals surface area contributed by atoms with E-state index in [-0.39, 0.29) is 11.6 Å². The summed E-state index contributed by atoms with van der Waals surface area (Å²) in [5.74, 6) is 0. The van der Waals surface area contributed by atoms with Crippen molar-refractivity contribution in [2.75, 3.05) is 24.5 Å². The lowest BCUT2D eigenvalue weighted by atomic mass is 10.0. The molecule has 1 aliphatic heterocycles. The van der Waals surface area contributed by atoms with E-state index in [1.165, 1.54) is 0 Å². The monoisotopic (exact) mass is 451 g/mol. The van der Waals surface area contributed by atoms with Crippen molar-refractivity contribution in [3.8, 4) is 0 Å². The van der Waals surface area contributed by atoms with Gasteiger partial charge in [0.05, 0.1) is 28.3 Å². The second-order valence-electron chi connectivity index (χ2n) is 8.66. The zero-order valence-electron chi connectivity index (χ0n) is 19.2. The van der Waals surface area contributed by atoms with E-state index in [2.05, 4.69) is 40.8 Å². The largest absolute Gasteiger partial charge is 0.363 e. The molecular formula is C23H29N7OS. The third-order valence-corrected chi connectivity index (χ3v) is 7.47. The molecule has 1 saturated heterocycles. The van der Waals surface area contributed by atoms with Gasteiger partial charge in [0.25, 0.3) is 5.56 Å². The number of hydrogen-bond acceptors (Lipinski definition) is 7. The zero-order valence-corrected chi connectivity index (χ0v) is 20.1. The molecule has 5 rings (SSSR count). The van der Waals surface area contributed by atoms with Crippen LogP contribution in [0, 0.1) is 13.8 Å². The van der Waals surface area contributed by atoms with E-state index in [1.807, 2.05) is 24.6 Å². The average molecular weight is 452 g/mol. The molecule has 8 nitrogen and oxygen atoms in total. The van der Waals surface area contributed by atoms with Crippen molar-refractivity contribution in [1.82, 2.24) is 29.0 Å². The van der Waals surface area contributed by atoms with Crippen LogP contribution in [-0.2, 0) is 7.05 Å². The molecule has 168 valence electrons. The van der Waals surface area contributed by atoms with Crippen molar-refractivity contribution in [2.24, 2.45) is 7.05 Å². The van der Waals surface area contributed by atoms with Gasteiger partial charge < -0.3 is 4.90 Å². The Labute approximate surface area is 191 Å². The van der Waals surface area contributed by atoms with Gasteiger partial charge in [-0.05, 0) is 39.3 Å². The van der Waals surface area contributed by atoms with Gasteiger partial charge in [-0.2, -0.15) is 0 Å². The van der Waals surface area contributed by atoms with Crippen LogP contribution in [0.15, 0.2) is 29.2 Å². The van der Waals surface area contributed by atoms with Crippen LogP contribution < -0.4 is 10.5 Å². The fraction of sp³-hybridized carbons (Fsp3) is 0.478. The quantitative estimate of drug-likeness (QED) is 0.474. The first-order valence-corrected chi connectivity index (χ1v) is 12.0. The summed E-state index contributed by atoms with van der Waals surface area (Å²) in [6.45, 7) is 11.1. The number of hydrogen-bond donors (Lipinski definition) is 0. The summed E-state index contributed by atoms with van der Waals surface area (Å²) in [5, 5.41) is 1.05. The molecule has 0 spiro atoms. The Morgan fingerprint density at radius 1 is 1.19 bits per heavy atom. The Morgan fingerprint density at radius 3 is 2.78 bits per heavy atom. The maximum absolute atomic E-state index is 12.6. The fourth-order valence-corrected chi connectivity index (χ4v) is 5.53. The van der Waals surface area contributed by atoms with Gasteiger partial charge >= 0.3 is 0 Å². The number of nitrogens with zero attached hydrogens (tertiary/aromatic N) is 7. The molecule has 9 heteroatoms. The van der Waals surface area contributed by atoms with Gasteiger partial charge in [-0.3, -0.25) is 9.69 Å².